The van der Waals surface area contributed by atoms with Crippen LogP contribution < -0.4 is 5.73 Å². The van der Waals surface area contributed by atoms with Gasteiger partial charge in [-0.25, -0.2) is 4.79 Å². The minimum absolute atomic E-state index is 0.126. The molecule has 110 valence electrons. The normalized spacial score (nSPS) is 19.6. The third-order valence-electron chi connectivity index (χ3n) is 3.20. The third-order valence-corrected chi connectivity index (χ3v) is 3.20. The summed E-state index contributed by atoms with van der Waals surface area (Å²) >= 11 is 0. The zero-order chi connectivity index (χ0) is 14.4. The molecule has 1 amide bonds. The van der Waals surface area contributed by atoms with E-state index in [9.17, 15) is 4.79 Å². The SMILES string of the molecule is CC(C)COC(=O)N1CCN(C(C)C(N)=NO)CC1. The molecule has 1 atom stereocenters. The number of amides is 1. The summed E-state index contributed by atoms with van der Waals surface area (Å²) in [4.78, 5) is 15.5. The van der Waals surface area contributed by atoms with Crippen molar-refractivity contribution in [3.8, 4) is 0 Å². The summed E-state index contributed by atoms with van der Waals surface area (Å²) in [5.41, 5.74) is 5.58. The van der Waals surface area contributed by atoms with Crippen LogP contribution in [0.1, 0.15) is 20.8 Å². The van der Waals surface area contributed by atoms with E-state index in [1.54, 1.807) is 4.90 Å². The van der Waals surface area contributed by atoms with E-state index in [1.165, 1.54) is 0 Å². The Balaban J connectivity index is 2.38. The summed E-state index contributed by atoms with van der Waals surface area (Å²) in [7, 11) is 0. The van der Waals surface area contributed by atoms with Crippen LogP contribution in [0.2, 0.25) is 0 Å². The van der Waals surface area contributed by atoms with Gasteiger partial charge >= 0.3 is 6.09 Å². The number of carbonyl (C=O) groups is 1. The van der Waals surface area contributed by atoms with Gasteiger partial charge in [0.2, 0.25) is 0 Å². The summed E-state index contributed by atoms with van der Waals surface area (Å²) < 4.78 is 5.19. The zero-order valence-corrected chi connectivity index (χ0v) is 11.9. The molecule has 1 aliphatic heterocycles. The van der Waals surface area contributed by atoms with Crippen LogP contribution in [0.5, 0.6) is 0 Å². The number of hydrogen-bond donors (Lipinski definition) is 2. The Morgan fingerprint density at radius 1 is 1.32 bits per heavy atom. The highest BCUT2D eigenvalue weighted by Gasteiger charge is 2.26. The van der Waals surface area contributed by atoms with Crippen LogP contribution >= 0.6 is 0 Å². The molecule has 1 saturated heterocycles. The van der Waals surface area contributed by atoms with Crippen molar-refractivity contribution in [2.24, 2.45) is 16.8 Å². The van der Waals surface area contributed by atoms with E-state index in [0.29, 0.717) is 38.7 Å². The molecule has 1 unspecified atom stereocenters. The highest BCUT2D eigenvalue weighted by molar-refractivity contribution is 5.84. The molecule has 0 aromatic heterocycles. The number of amidine groups is 1. The minimum atomic E-state index is -0.259. The maximum absolute atomic E-state index is 11.8. The van der Waals surface area contributed by atoms with Gasteiger partial charge in [0, 0.05) is 26.2 Å². The maximum Gasteiger partial charge on any atom is 0.409 e. The first-order valence-electron chi connectivity index (χ1n) is 6.58. The van der Waals surface area contributed by atoms with Gasteiger partial charge < -0.3 is 20.6 Å². The molecular weight excluding hydrogens is 248 g/mol. The van der Waals surface area contributed by atoms with Crippen molar-refractivity contribution in [3.05, 3.63) is 0 Å². The second kappa shape index (κ2) is 7.18. The number of ether oxygens (including phenoxy) is 1. The Bertz CT molecular complexity index is 325. The number of piperazine rings is 1. The molecule has 19 heavy (non-hydrogen) atoms. The fourth-order valence-electron chi connectivity index (χ4n) is 1.89. The molecule has 0 saturated carbocycles. The minimum Gasteiger partial charge on any atom is -0.449 e. The Morgan fingerprint density at radius 3 is 2.37 bits per heavy atom. The number of nitrogens with zero attached hydrogens (tertiary/aromatic N) is 3. The van der Waals surface area contributed by atoms with E-state index < -0.39 is 0 Å². The van der Waals surface area contributed by atoms with Crippen LogP contribution in [0.15, 0.2) is 5.16 Å². The Hall–Kier alpha value is -1.50. The van der Waals surface area contributed by atoms with E-state index in [2.05, 4.69) is 10.1 Å². The Morgan fingerprint density at radius 2 is 1.89 bits per heavy atom. The molecule has 1 rings (SSSR count). The molecule has 0 radical (unpaired) electrons. The van der Waals surface area contributed by atoms with Gasteiger partial charge in [0.15, 0.2) is 5.84 Å². The van der Waals surface area contributed by atoms with Crippen LogP contribution in [0.25, 0.3) is 0 Å². The highest BCUT2D eigenvalue weighted by Crippen LogP contribution is 2.08. The van der Waals surface area contributed by atoms with Crippen LogP contribution in [0.4, 0.5) is 4.79 Å². The molecule has 1 aliphatic rings. The van der Waals surface area contributed by atoms with Crippen molar-refractivity contribution in [2.45, 2.75) is 26.8 Å². The fourth-order valence-corrected chi connectivity index (χ4v) is 1.89. The predicted octanol–water partition coefficient (Wildman–Crippen LogP) is 0.532. The Labute approximate surface area is 114 Å². The van der Waals surface area contributed by atoms with Gasteiger partial charge in [-0.2, -0.15) is 0 Å². The van der Waals surface area contributed by atoms with Crippen molar-refractivity contribution in [2.75, 3.05) is 32.8 Å². The van der Waals surface area contributed by atoms with Crippen LogP contribution in [-0.2, 0) is 4.74 Å². The van der Waals surface area contributed by atoms with Gasteiger partial charge in [0.25, 0.3) is 0 Å². The molecule has 0 aromatic rings. The second-order valence-corrected chi connectivity index (χ2v) is 5.19. The molecule has 1 fully saturated rings. The first-order chi connectivity index (χ1) is 8.95. The Kier molecular flexibility index (Phi) is 5.88. The van der Waals surface area contributed by atoms with E-state index >= 15 is 0 Å². The number of oxime groups is 1. The lowest BCUT2D eigenvalue weighted by Crippen LogP contribution is -2.54. The van der Waals surface area contributed by atoms with Crippen molar-refractivity contribution >= 4 is 11.9 Å². The number of carbonyl (C=O) groups excluding carboxylic acids is 1. The number of hydrogen-bond acceptors (Lipinski definition) is 5. The van der Waals surface area contributed by atoms with Crippen LogP contribution in [0, 0.1) is 5.92 Å². The monoisotopic (exact) mass is 272 g/mol. The molecule has 7 nitrogen and oxygen atoms in total. The van der Waals surface area contributed by atoms with E-state index in [0.717, 1.165) is 0 Å². The third kappa shape index (κ3) is 4.59. The summed E-state index contributed by atoms with van der Waals surface area (Å²) in [5, 5.41) is 11.7. The van der Waals surface area contributed by atoms with Gasteiger partial charge in [-0.05, 0) is 12.8 Å². The van der Waals surface area contributed by atoms with E-state index in [-0.39, 0.29) is 18.0 Å². The molecule has 7 heteroatoms. The van der Waals surface area contributed by atoms with Gasteiger partial charge in [0.05, 0.1) is 12.6 Å². The predicted molar refractivity (Wildman–Crippen MR) is 72.2 cm³/mol. The molecule has 0 bridgehead atoms. The first-order valence-corrected chi connectivity index (χ1v) is 6.58. The lowest BCUT2D eigenvalue weighted by molar-refractivity contribution is 0.0660. The van der Waals surface area contributed by atoms with Gasteiger partial charge in [0.1, 0.15) is 0 Å². The average molecular weight is 272 g/mol. The molecule has 0 aliphatic carbocycles. The number of nitrogens with two attached hydrogens (primary N) is 1. The molecule has 0 aromatic carbocycles. The van der Waals surface area contributed by atoms with Crippen LogP contribution in [-0.4, -0.2) is 65.8 Å². The molecule has 1 heterocycles. The highest BCUT2D eigenvalue weighted by atomic mass is 16.6. The summed E-state index contributed by atoms with van der Waals surface area (Å²) in [6, 6.07) is -0.126. The topological polar surface area (TPSA) is 91.4 Å². The second-order valence-electron chi connectivity index (χ2n) is 5.19. The van der Waals surface area contributed by atoms with Crippen molar-refractivity contribution in [1.82, 2.24) is 9.80 Å². The standard InChI is InChI=1S/C12H24N4O3/c1-9(2)8-19-12(17)16-6-4-15(5-7-16)10(3)11(13)14-18/h9-10,18H,4-8H2,1-3H3,(H2,13,14). The average Bonchev–Trinajstić information content (AvgIpc) is 2.43. The molecular formula is C12H24N4O3. The lowest BCUT2D eigenvalue weighted by Gasteiger charge is -2.36. The van der Waals surface area contributed by atoms with Gasteiger partial charge in [-0.3, -0.25) is 4.90 Å². The first kappa shape index (κ1) is 15.6. The molecule has 3 N–H and O–H groups in total. The van der Waals surface area contributed by atoms with Crippen molar-refractivity contribution in [3.63, 3.8) is 0 Å². The van der Waals surface area contributed by atoms with Crippen molar-refractivity contribution in [1.29, 1.82) is 0 Å². The van der Waals surface area contributed by atoms with Gasteiger partial charge in [-0.1, -0.05) is 19.0 Å². The summed E-state index contributed by atoms with van der Waals surface area (Å²) in [5.74, 6) is 0.529. The van der Waals surface area contributed by atoms with Crippen molar-refractivity contribution < 1.29 is 14.7 Å². The quantitative estimate of drug-likeness (QED) is 0.337. The smallest absolute Gasteiger partial charge is 0.409 e. The number of rotatable bonds is 4. The lowest BCUT2D eigenvalue weighted by atomic mass is 10.2. The zero-order valence-electron chi connectivity index (χ0n) is 11.9. The molecule has 0 spiro atoms. The van der Waals surface area contributed by atoms with Gasteiger partial charge in [-0.15, -0.1) is 0 Å². The largest absolute Gasteiger partial charge is 0.449 e. The van der Waals surface area contributed by atoms with E-state index in [4.69, 9.17) is 15.7 Å². The maximum atomic E-state index is 11.8. The van der Waals surface area contributed by atoms with E-state index in [1.807, 2.05) is 20.8 Å². The summed E-state index contributed by atoms with van der Waals surface area (Å²) in [6.45, 7) is 8.90. The summed E-state index contributed by atoms with van der Waals surface area (Å²) in [6.07, 6.45) is -0.259. The van der Waals surface area contributed by atoms with Crippen LogP contribution in [0.3, 0.4) is 0 Å². The fraction of sp³-hybridized carbons (Fsp3) is 0.833.